The number of carbonyl (C=O) groups excluding carboxylic acids is 2. The first kappa shape index (κ1) is 22.7. The second-order valence-electron chi connectivity index (χ2n) is 7.97. The van der Waals surface area contributed by atoms with E-state index in [2.05, 4.69) is 6.58 Å². The molecular weight excluding hydrogens is 344 g/mol. The summed E-state index contributed by atoms with van der Waals surface area (Å²) in [6, 6.07) is 9.36. The van der Waals surface area contributed by atoms with E-state index in [-0.39, 0.29) is 18.4 Å². The van der Waals surface area contributed by atoms with Gasteiger partial charge in [-0.05, 0) is 44.9 Å². The Kier molecular flexibility index (Phi) is 8.54. The molecule has 0 aliphatic rings. The lowest BCUT2D eigenvalue weighted by Crippen LogP contribution is -2.39. The highest BCUT2D eigenvalue weighted by atomic mass is 16.6. The molecule has 3 atom stereocenters. The minimum atomic E-state index is -0.626. The third kappa shape index (κ3) is 8.29. The molecular formula is C22H32O5. The van der Waals surface area contributed by atoms with Crippen molar-refractivity contribution in [2.75, 3.05) is 0 Å². The molecule has 5 heteroatoms. The summed E-state index contributed by atoms with van der Waals surface area (Å²) < 4.78 is 16.9. The van der Waals surface area contributed by atoms with Gasteiger partial charge in [0.2, 0.25) is 0 Å². The van der Waals surface area contributed by atoms with Crippen molar-refractivity contribution in [3.05, 3.63) is 43.0 Å². The van der Waals surface area contributed by atoms with Crippen molar-refractivity contribution >= 4 is 11.9 Å². The van der Waals surface area contributed by atoms with Gasteiger partial charge in [0, 0.05) is 0 Å². The maximum atomic E-state index is 12.5. The van der Waals surface area contributed by atoms with Crippen LogP contribution in [0.2, 0.25) is 0 Å². The van der Waals surface area contributed by atoms with E-state index < -0.39 is 29.6 Å². The smallest absolute Gasteiger partial charge is 0.309 e. The first-order valence-electron chi connectivity index (χ1n) is 9.30. The number of hydrogen-bond acceptors (Lipinski definition) is 5. The molecule has 0 aliphatic carbocycles. The number of esters is 2. The zero-order valence-electron chi connectivity index (χ0n) is 17.2. The Morgan fingerprint density at radius 1 is 1.11 bits per heavy atom. The predicted octanol–water partition coefficient (Wildman–Crippen LogP) is 4.56. The Hall–Kier alpha value is -2.30. The highest BCUT2D eigenvalue weighted by Gasteiger charge is 2.30. The van der Waals surface area contributed by atoms with E-state index in [0.29, 0.717) is 5.75 Å². The van der Waals surface area contributed by atoms with Crippen molar-refractivity contribution in [2.45, 2.75) is 65.8 Å². The van der Waals surface area contributed by atoms with Gasteiger partial charge in [0.15, 0.2) is 6.10 Å². The standard InChI is InChI=1S/C22H32O5/c1-8-18(20(15(2)3)25-17-12-10-9-11-13-17)26-21(24)16(4)14-19(23)27-22(5,6)7/h8-13,15-16,18,20H,1,14H2,2-7H3/t16-,18+,20-/m1/s1. The van der Waals surface area contributed by atoms with Crippen molar-refractivity contribution in [2.24, 2.45) is 11.8 Å². The van der Waals surface area contributed by atoms with Gasteiger partial charge < -0.3 is 14.2 Å². The zero-order chi connectivity index (χ0) is 20.6. The average Bonchev–Trinajstić information content (AvgIpc) is 2.56. The van der Waals surface area contributed by atoms with Crippen LogP contribution in [0.1, 0.15) is 48.0 Å². The summed E-state index contributed by atoms with van der Waals surface area (Å²) >= 11 is 0. The summed E-state index contributed by atoms with van der Waals surface area (Å²) in [5, 5.41) is 0. The van der Waals surface area contributed by atoms with Crippen molar-refractivity contribution in [3.63, 3.8) is 0 Å². The monoisotopic (exact) mass is 376 g/mol. The van der Waals surface area contributed by atoms with Crippen molar-refractivity contribution in [1.82, 2.24) is 0 Å². The lowest BCUT2D eigenvalue weighted by molar-refractivity contribution is -0.164. The van der Waals surface area contributed by atoms with Crippen LogP contribution < -0.4 is 4.74 Å². The molecule has 0 aliphatic heterocycles. The van der Waals surface area contributed by atoms with Crippen molar-refractivity contribution < 1.29 is 23.8 Å². The van der Waals surface area contributed by atoms with E-state index >= 15 is 0 Å². The molecule has 0 amide bonds. The zero-order valence-corrected chi connectivity index (χ0v) is 17.2. The molecule has 0 spiro atoms. The fourth-order valence-electron chi connectivity index (χ4n) is 2.45. The van der Waals surface area contributed by atoms with E-state index in [9.17, 15) is 9.59 Å². The number of ether oxygens (including phenoxy) is 3. The van der Waals surface area contributed by atoms with Crippen LogP contribution in [0.5, 0.6) is 5.75 Å². The molecule has 27 heavy (non-hydrogen) atoms. The molecule has 0 N–H and O–H groups in total. The van der Waals surface area contributed by atoms with Crippen LogP contribution in [-0.4, -0.2) is 29.7 Å². The van der Waals surface area contributed by atoms with Crippen LogP contribution in [-0.2, 0) is 19.1 Å². The summed E-state index contributed by atoms with van der Waals surface area (Å²) in [5.74, 6) is -0.744. The maximum absolute atomic E-state index is 12.5. The fourth-order valence-corrected chi connectivity index (χ4v) is 2.45. The molecule has 1 rings (SSSR count). The quantitative estimate of drug-likeness (QED) is 0.467. The molecule has 0 bridgehead atoms. The first-order valence-corrected chi connectivity index (χ1v) is 9.30. The summed E-state index contributed by atoms with van der Waals surface area (Å²) in [4.78, 5) is 24.4. The van der Waals surface area contributed by atoms with E-state index in [0.717, 1.165) is 0 Å². The van der Waals surface area contributed by atoms with Gasteiger partial charge in [-0.1, -0.05) is 45.5 Å². The number of para-hydroxylation sites is 1. The molecule has 0 unspecified atom stereocenters. The normalized spacial score (nSPS) is 14.8. The van der Waals surface area contributed by atoms with E-state index in [4.69, 9.17) is 14.2 Å². The predicted molar refractivity (Wildman–Crippen MR) is 105 cm³/mol. The van der Waals surface area contributed by atoms with Gasteiger partial charge in [0.05, 0.1) is 12.3 Å². The topological polar surface area (TPSA) is 61.8 Å². The minimum absolute atomic E-state index is 0.0359. The van der Waals surface area contributed by atoms with Gasteiger partial charge in [-0.25, -0.2) is 0 Å². The SMILES string of the molecule is C=C[C@H](OC(=O)[C@H](C)CC(=O)OC(C)(C)C)[C@H](Oc1ccccc1)C(C)C. The third-order valence-electron chi connectivity index (χ3n) is 3.78. The fraction of sp³-hybridized carbons (Fsp3) is 0.545. The maximum Gasteiger partial charge on any atom is 0.309 e. The Bertz CT molecular complexity index is 615. The van der Waals surface area contributed by atoms with Crippen LogP contribution in [0.4, 0.5) is 0 Å². The second-order valence-corrected chi connectivity index (χ2v) is 7.97. The highest BCUT2D eigenvalue weighted by Crippen LogP contribution is 2.22. The lowest BCUT2D eigenvalue weighted by Gasteiger charge is -2.29. The van der Waals surface area contributed by atoms with Gasteiger partial charge in [-0.15, -0.1) is 0 Å². The number of hydrogen-bond donors (Lipinski definition) is 0. The second kappa shape index (κ2) is 10.1. The third-order valence-corrected chi connectivity index (χ3v) is 3.78. The molecule has 0 aromatic heterocycles. The van der Waals surface area contributed by atoms with E-state index in [1.807, 2.05) is 44.2 Å². The summed E-state index contributed by atoms with van der Waals surface area (Å²) in [7, 11) is 0. The molecule has 1 aromatic rings. The van der Waals surface area contributed by atoms with Crippen LogP contribution in [0.25, 0.3) is 0 Å². The first-order chi connectivity index (χ1) is 12.5. The van der Waals surface area contributed by atoms with Crippen LogP contribution in [0, 0.1) is 11.8 Å². The number of rotatable bonds is 9. The summed E-state index contributed by atoms with van der Waals surface area (Å²) in [5.41, 5.74) is -0.587. The van der Waals surface area contributed by atoms with Crippen LogP contribution >= 0.6 is 0 Å². The summed E-state index contributed by atoms with van der Waals surface area (Å²) in [6.07, 6.45) is 0.513. The lowest BCUT2D eigenvalue weighted by atomic mass is 10.0. The Morgan fingerprint density at radius 3 is 2.19 bits per heavy atom. The number of benzene rings is 1. The molecule has 0 radical (unpaired) electrons. The summed E-state index contributed by atoms with van der Waals surface area (Å²) in [6.45, 7) is 14.8. The molecule has 0 fully saturated rings. The Balaban J connectivity index is 2.74. The van der Waals surface area contributed by atoms with E-state index in [1.165, 1.54) is 0 Å². The van der Waals surface area contributed by atoms with Crippen LogP contribution in [0.3, 0.4) is 0 Å². The van der Waals surface area contributed by atoms with Gasteiger partial charge >= 0.3 is 11.9 Å². The highest BCUT2D eigenvalue weighted by molar-refractivity contribution is 5.80. The van der Waals surface area contributed by atoms with Gasteiger partial charge in [-0.2, -0.15) is 0 Å². The molecule has 0 heterocycles. The van der Waals surface area contributed by atoms with Crippen molar-refractivity contribution in [1.29, 1.82) is 0 Å². The Labute approximate surface area is 162 Å². The van der Waals surface area contributed by atoms with Gasteiger partial charge in [0.25, 0.3) is 0 Å². The Morgan fingerprint density at radius 2 is 1.70 bits per heavy atom. The van der Waals surface area contributed by atoms with Gasteiger partial charge in [-0.3, -0.25) is 9.59 Å². The molecule has 5 nitrogen and oxygen atoms in total. The molecule has 150 valence electrons. The number of carbonyl (C=O) groups is 2. The molecule has 0 saturated carbocycles. The van der Waals surface area contributed by atoms with Gasteiger partial charge in [0.1, 0.15) is 17.5 Å². The largest absolute Gasteiger partial charge is 0.486 e. The van der Waals surface area contributed by atoms with Crippen LogP contribution in [0.15, 0.2) is 43.0 Å². The van der Waals surface area contributed by atoms with E-state index in [1.54, 1.807) is 33.8 Å². The molecule has 0 saturated heterocycles. The van der Waals surface area contributed by atoms with Crippen molar-refractivity contribution in [3.8, 4) is 5.75 Å². The molecule has 1 aromatic carbocycles. The average molecular weight is 376 g/mol. The minimum Gasteiger partial charge on any atom is -0.486 e.